The lowest BCUT2D eigenvalue weighted by atomic mass is 10.2. The van der Waals surface area contributed by atoms with Gasteiger partial charge < -0.3 is 9.47 Å². The van der Waals surface area contributed by atoms with E-state index in [1.165, 1.54) is 22.7 Å². The SMILES string of the molecule is C=CCN(C(=O)c1csc(-c2cccc(OC)c2OC)n1)c1nc(-c2ccccc2)cs1. The van der Waals surface area contributed by atoms with Crippen LogP contribution in [0.15, 0.2) is 71.9 Å². The zero-order valence-electron chi connectivity index (χ0n) is 17.6. The van der Waals surface area contributed by atoms with Gasteiger partial charge >= 0.3 is 0 Å². The molecule has 8 heteroatoms. The van der Waals surface area contributed by atoms with Gasteiger partial charge in [0.25, 0.3) is 5.91 Å². The first kappa shape index (κ1) is 21.7. The van der Waals surface area contributed by atoms with E-state index in [1.807, 2.05) is 53.9 Å². The molecule has 0 aliphatic rings. The number of ether oxygens (including phenoxy) is 2. The van der Waals surface area contributed by atoms with Gasteiger partial charge in [0.05, 0.1) is 25.5 Å². The average Bonchev–Trinajstić information content (AvgIpc) is 3.52. The van der Waals surface area contributed by atoms with Crippen LogP contribution in [0.25, 0.3) is 21.8 Å². The monoisotopic (exact) mass is 463 g/mol. The van der Waals surface area contributed by atoms with Crippen molar-refractivity contribution in [2.24, 2.45) is 0 Å². The number of thiazole rings is 2. The van der Waals surface area contributed by atoms with E-state index in [-0.39, 0.29) is 5.91 Å². The van der Waals surface area contributed by atoms with E-state index in [9.17, 15) is 4.79 Å². The smallest absolute Gasteiger partial charge is 0.279 e. The molecule has 0 fully saturated rings. The first-order valence-electron chi connectivity index (χ1n) is 9.76. The van der Waals surface area contributed by atoms with Gasteiger partial charge in [0.1, 0.15) is 10.7 Å². The van der Waals surface area contributed by atoms with Crippen LogP contribution < -0.4 is 14.4 Å². The molecule has 2 aromatic carbocycles. The molecule has 2 aromatic heterocycles. The highest BCUT2D eigenvalue weighted by Crippen LogP contribution is 2.39. The Morgan fingerprint density at radius 1 is 1.03 bits per heavy atom. The number of methoxy groups -OCH3 is 2. The standard InChI is InChI=1S/C24H21N3O3S2/c1-4-13-27(24-26-18(14-32-24)16-9-6-5-7-10-16)23(28)19-15-31-22(25-19)17-11-8-12-20(29-2)21(17)30-3/h4-12,14-15H,1,13H2,2-3H3. The molecule has 4 rings (SSSR count). The fourth-order valence-electron chi connectivity index (χ4n) is 3.20. The number of rotatable bonds is 8. The molecular formula is C24H21N3O3S2. The predicted molar refractivity (Wildman–Crippen MR) is 130 cm³/mol. The van der Waals surface area contributed by atoms with Gasteiger partial charge in [-0.3, -0.25) is 9.69 Å². The number of benzene rings is 2. The summed E-state index contributed by atoms with van der Waals surface area (Å²) >= 11 is 2.79. The van der Waals surface area contributed by atoms with E-state index in [2.05, 4.69) is 16.5 Å². The number of carbonyl (C=O) groups is 1. The third-order valence-corrected chi connectivity index (χ3v) is 6.45. The third-order valence-electron chi connectivity index (χ3n) is 4.71. The van der Waals surface area contributed by atoms with Crippen LogP contribution in [0.2, 0.25) is 0 Å². The number of para-hydroxylation sites is 1. The van der Waals surface area contributed by atoms with Gasteiger partial charge in [-0.2, -0.15) is 0 Å². The molecule has 0 bridgehead atoms. The Labute approximate surface area is 194 Å². The lowest BCUT2D eigenvalue weighted by Gasteiger charge is -2.16. The molecule has 1 amide bonds. The van der Waals surface area contributed by atoms with E-state index >= 15 is 0 Å². The van der Waals surface area contributed by atoms with Gasteiger partial charge in [-0.1, -0.05) is 42.5 Å². The molecule has 0 aliphatic heterocycles. The second-order valence-corrected chi connectivity index (χ2v) is 8.36. The van der Waals surface area contributed by atoms with Crippen molar-refractivity contribution in [3.8, 4) is 33.3 Å². The molecule has 0 saturated heterocycles. The quantitative estimate of drug-likeness (QED) is 0.310. The molecule has 6 nitrogen and oxygen atoms in total. The Hall–Kier alpha value is -3.49. The van der Waals surface area contributed by atoms with Crippen LogP contribution in [0.4, 0.5) is 5.13 Å². The Kier molecular flexibility index (Phi) is 6.63. The Balaban J connectivity index is 1.64. The summed E-state index contributed by atoms with van der Waals surface area (Å²) in [5, 5.41) is 4.97. The van der Waals surface area contributed by atoms with Crippen molar-refractivity contribution in [2.75, 3.05) is 25.7 Å². The summed E-state index contributed by atoms with van der Waals surface area (Å²) in [5.41, 5.74) is 2.94. The van der Waals surface area contributed by atoms with E-state index in [4.69, 9.17) is 9.47 Å². The maximum absolute atomic E-state index is 13.3. The Morgan fingerprint density at radius 3 is 2.56 bits per heavy atom. The normalized spacial score (nSPS) is 10.6. The molecular weight excluding hydrogens is 442 g/mol. The second-order valence-electron chi connectivity index (χ2n) is 6.66. The highest BCUT2D eigenvalue weighted by atomic mass is 32.1. The van der Waals surface area contributed by atoms with Gasteiger partial charge in [-0.25, -0.2) is 9.97 Å². The lowest BCUT2D eigenvalue weighted by molar-refractivity contribution is 0.0985. The van der Waals surface area contributed by atoms with Crippen LogP contribution in [-0.4, -0.2) is 36.6 Å². The maximum Gasteiger partial charge on any atom is 0.279 e. The van der Waals surface area contributed by atoms with E-state index < -0.39 is 0 Å². The molecule has 0 N–H and O–H groups in total. The summed E-state index contributed by atoms with van der Waals surface area (Å²) in [5.74, 6) is 0.958. The lowest BCUT2D eigenvalue weighted by Crippen LogP contribution is -2.31. The van der Waals surface area contributed by atoms with Crippen molar-refractivity contribution >= 4 is 33.7 Å². The van der Waals surface area contributed by atoms with Gasteiger partial charge in [-0.05, 0) is 12.1 Å². The summed E-state index contributed by atoms with van der Waals surface area (Å²) < 4.78 is 10.9. The van der Waals surface area contributed by atoms with Crippen molar-refractivity contribution in [1.29, 1.82) is 0 Å². The van der Waals surface area contributed by atoms with Crippen molar-refractivity contribution in [3.05, 3.63) is 77.6 Å². The second kappa shape index (κ2) is 9.76. The topological polar surface area (TPSA) is 64.6 Å². The van der Waals surface area contributed by atoms with Gasteiger partial charge in [0.15, 0.2) is 16.6 Å². The molecule has 0 atom stereocenters. The Morgan fingerprint density at radius 2 is 1.84 bits per heavy atom. The molecule has 0 unspecified atom stereocenters. The molecule has 32 heavy (non-hydrogen) atoms. The zero-order valence-corrected chi connectivity index (χ0v) is 19.3. The van der Waals surface area contributed by atoms with Crippen LogP contribution in [-0.2, 0) is 0 Å². The fraction of sp³-hybridized carbons (Fsp3) is 0.125. The molecule has 0 radical (unpaired) electrons. The minimum atomic E-state index is -0.233. The predicted octanol–water partition coefficient (Wildman–Crippen LogP) is 5.78. The minimum absolute atomic E-state index is 0.233. The van der Waals surface area contributed by atoms with Crippen molar-refractivity contribution < 1.29 is 14.3 Å². The average molecular weight is 464 g/mol. The van der Waals surface area contributed by atoms with Gasteiger partial charge in [0.2, 0.25) is 0 Å². The minimum Gasteiger partial charge on any atom is -0.493 e. The molecule has 0 saturated carbocycles. The fourth-order valence-corrected chi connectivity index (χ4v) is 4.85. The summed E-state index contributed by atoms with van der Waals surface area (Å²) in [6.07, 6.45) is 1.68. The van der Waals surface area contributed by atoms with Gasteiger partial charge in [-0.15, -0.1) is 29.3 Å². The highest BCUT2D eigenvalue weighted by Gasteiger charge is 2.24. The largest absolute Gasteiger partial charge is 0.493 e. The summed E-state index contributed by atoms with van der Waals surface area (Å²) in [6.45, 7) is 4.13. The molecule has 4 aromatic rings. The highest BCUT2D eigenvalue weighted by molar-refractivity contribution is 7.14. The first-order chi connectivity index (χ1) is 15.7. The number of hydrogen-bond donors (Lipinski definition) is 0. The number of aromatic nitrogens is 2. The van der Waals surface area contributed by atoms with Gasteiger partial charge in [0, 0.05) is 22.9 Å². The summed E-state index contributed by atoms with van der Waals surface area (Å²) in [4.78, 5) is 24.2. The molecule has 162 valence electrons. The number of amides is 1. The van der Waals surface area contributed by atoms with Crippen molar-refractivity contribution in [2.45, 2.75) is 0 Å². The van der Waals surface area contributed by atoms with E-state index in [0.29, 0.717) is 33.9 Å². The number of carbonyl (C=O) groups excluding carboxylic acids is 1. The van der Waals surface area contributed by atoms with Crippen molar-refractivity contribution in [1.82, 2.24) is 9.97 Å². The van der Waals surface area contributed by atoms with E-state index in [0.717, 1.165) is 16.8 Å². The van der Waals surface area contributed by atoms with Crippen molar-refractivity contribution in [3.63, 3.8) is 0 Å². The number of hydrogen-bond acceptors (Lipinski definition) is 7. The number of nitrogens with zero attached hydrogens (tertiary/aromatic N) is 3. The van der Waals surface area contributed by atoms with Crippen LogP contribution in [0, 0.1) is 0 Å². The summed E-state index contributed by atoms with van der Waals surface area (Å²) in [7, 11) is 3.17. The van der Waals surface area contributed by atoms with Crippen LogP contribution in [0.3, 0.4) is 0 Å². The molecule has 0 spiro atoms. The van der Waals surface area contributed by atoms with Crippen LogP contribution in [0.5, 0.6) is 11.5 Å². The molecule has 0 aliphatic carbocycles. The number of anilines is 1. The van der Waals surface area contributed by atoms with Crippen LogP contribution >= 0.6 is 22.7 Å². The first-order valence-corrected chi connectivity index (χ1v) is 11.5. The molecule has 2 heterocycles. The zero-order chi connectivity index (χ0) is 22.5. The van der Waals surface area contributed by atoms with Crippen LogP contribution in [0.1, 0.15) is 10.5 Å². The van der Waals surface area contributed by atoms with E-state index in [1.54, 1.807) is 30.6 Å². The third kappa shape index (κ3) is 4.28. The summed E-state index contributed by atoms with van der Waals surface area (Å²) in [6, 6.07) is 15.4. The maximum atomic E-state index is 13.3. The Bertz CT molecular complexity index is 1230.